The van der Waals surface area contributed by atoms with Gasteiger partial charge in [0.1, 0.15) is 5.69 Å². The van der Waals surface area contributed by atoms with Gasteiger partial charge in [-0.15, -0.1) is 0 Å². The van der Waals surface area contributed by atoms with E-state index in [-0.39, 0.29) is 36.5 Å². The van der Waals surface area contributed by atoms with E-state index in [9.17, 15) is 14.4 Å². The van der Waals surface area contributed by atoms with Gasteiger partial charge in [0, 0.05) is 17.8 Å². The van der Waals surface area contributed by atoms with E-state index in [1.807, 2.05) is 44.2 Å². The maximum absolute atomic E-state index is 13.1. The van der Waals surface area contributed by atoms with Crippen molar-refractivity contribution in [3.63, 3.8) is 0 Å². The van der Waals surface area contributed by atoms with Gasteiger partial charge in [0.2, 0.25) is 5.91 Å². The molecule has 0 aliphatic rings. The Labute approximate surface area is 172 Å². The molecule has 0 aliphatic heterocycles. The fourth-order valence-electron chi connectivity index (χ4n) is 3.63. The van der Waals surface area contributed by atoms with Crippen LogP contribution >= 0.6 is 0 Å². The molecule has 156 valence electrons. The third-order valence-corrected chi connectivity index (χ3v) is 5.13. The van der Waals surface area contributed by atoms with E-state index in [4.69, 9.17) is 4.74 Å². The minimum absolute atomic E-state index is 0.0273. The molecule has 1 heterocycles. The number of likely N-dealkylation sites (N-methyl/N-ethyl adjacent to an activating group) is 1. The molecular weight excluding hydrogens is 368 g/mol. The molecule has 1 atom stereocenters. The Kier molecular flexibility index (Phi) is 7.76. The Hall–Kier alpha value is -2.89. The van der Waals surface area contributed by atoms with E-state index < -0.39 is 5.97 Å². The van der Waals surface area contributed by atoms with Crippen molar-refractivity contribution >= 4 is 17.7 Å². The lowest BCUT2D eigenvalue weighted by atomic mass is 9.94. The molecule has 0 spiro atoms. The molecule has 1 unspecified atom stereocenters. The summed E-state index contributed by atoms with van der Waals surface area (Å²) < 4.78 is 5.05. The summed E-state index contributed by atoms with van der Waals surface area (Å²) in [5.74, 6) is -1.02. The number of aromatic amines is 1. The number of carbonyl (C=O) groups excluding carboxylic acids is 3. The number of aryl methyl sites for hydroxylation is 1. The van der Waals surface area contributed by atoms with Gasteiger partial charge in [0.25, 0.3) is 0 Å². The lowest BCUT2D eigenvalue weighted by Gasteiger charge is -2.25. The van der Waals surface area contributed by atoms with Gasteiger partial charge >= 0.3 is 5.97 Å². The predicted molar refractivity (Wildman–Crippen MR) is 112 cm³/mol. The third-order valence-electron chi connectivity index (χ3n) is 5.13. The van der Waals surface area contributed by atoms with Crippen LogP contribution in [0, 0.1) is 13.8 Å². The Bertz CT molecular complexity index is 871. The first kappa shape index (κ1) is 22.4. The van der Waals surface area contributed by atoms with Crippen molar-refractivity contribution in [1.82, 2.24) is 9.88 Å². The summed E-state index contributed by atoms with van der Waals surface area (Å²) in [6, 6.07) is 9.62. The highest BCUT2D eigenvalue weighted by Gasteiger charge is 2.28. The summed E-state index contributed by atoms with van der Waals surface area (Å²) in [7, 11) is 0. The van der Waals surface area contributed by atoms with Crippen molar-refractivity contribution in [2.75, 3.05) is 19.7 Å². The molecule has 0 saturated carbocycles. The molecule has 2 rings (SSSR count). The summed E-state index contributed by atoms with van der Waals surface area (Å²) in [6.45, 7) is 9.70. The number of ether oxygens (including phenoxy) is 1. The largest absolute Gasteiger partial charge is 0.461 e. The van der Waals surface area contributed by atoms with Crippen LogP contribution in [0.4, 0.5) is 0 Å². The number of hydrogen-bond acceptors (Lipinski definition) is 4. The van der Waals surface area contributed by atoms with Gasteiger partial charge in [0.05, 0.1) is 19.1 Å². The van der Waals surface area contributed by atoms with Gasteiger partial charge in [-0.2, -0.15) is 0 Å². The van der Waals surface area contributed by atoms with Crippen LogP contribution in [-0.4, -0.2) is 47.2 Å². The van der Waals surface area contributed by atoms with Crippen LogP contribution in [0.1, 0.15) is 70.8 Å². The molecule has 1 N–H and O–H groups in total. The summed E-state index contributed by atoms with van der Waals surface area (Å²) in [4.78, 5) is 42.8. The SMILES string of the molecule is CCOC(=O)c1[nH]c(C)c(C(=O)CN(CC)C(=O)C(CC)c2ccccc2)c1C. The highest BCUT2D eigenvalue weighted by Crippen LogP contribution is 2.24. The van der Waals surface area contributed by atoms with Crippen LogP contribution in [0.2, 0.25) is 0 Å². The summed E-state index contributed by atoms with van der Waals surface area (Å²) in [5, 5.41) is 0. The van der Waals surface area contributed by atoms with Crippen molar-refractivity contribution in [3.05, 3.63) is 58.4 Å². The smallest absolute Gasteiger partial charge is 0.355 e. The number of rotatable bonds is 9. The molecule has 0 fully saturated rings. The normalized spacial score (nSPS) is 11.8. The number of ketones is 1. The number of amides is 1. The summed E-state index contributed by atoms with van der Waals surface area (Å²) in [5.41, 5.74) is 2.85. The number of hydrogen-bond donors (Lipinski definition) is 1. The van der Waals surface area contributed by atoms with Crippen molar-refractivity contribution in [3.8, 4) is 0 Å². The van der Waals surface area contributed by atoms with E-state index in [1.165, 1.54) is 0 Å². The van der Waals surface area contributed by atoms with E-state index >= 15 is 0 Å². The Morgan fingerprint density at radius 3 is 2.28 bits per heavy atom. The average molecular weight is 399 g/mol. The van der Waals surface area contributed by atoms with Crippen LogP contribution in [0.15, 0.2) is 30.3 Å². The molecule has 0 aliphatic carbocycles. The standard InChI is InChI=1S/C23H30N2O4/c1-6-18(17-12-10-9-11-13-17)22(27)25(7-2)14-19(26)20-15(4)21(24-16(20)5)23(28)29-8-3/h9-13,18,24H,6-8,14H2,1-5H3. The zero-order chi connectivity index (χ0) is 21.6. The number of nitrogens with zero attached hydrogens (tertiary/aromatic N) is 1. The zero-order valence-electron chi connectivity index (χ0n) is 17.9. The molecular formula is C23H30N2O4. The van der Waals surface area contributed by atoms with Gasteiger partial charge in [-0.3, -0.25) is 9.59 Å². The highest BCUT2D eigenvalue weighted by molar-refractivity contribution is 6.04. The molecule has 1 aromatic heterocycles. The first-order valence-corrected chi connectivity index (χ1v) is 10.1. The molecule has 0 radical (unpaired) electrons. The van der Waals surface area contributed by atoms with E-state index in [2.05, 4.69) is 4.98 Å². The number of esters is 1. The fourth-order valence-corrected chi connectivity index (χ4v) is 3.63. The Morgan fingerprint density at radius 2 is 1.72 bits per heavy atom. The lowest BCUT2D eigenvalue weighted by Crippen LogP contribution is -2.39. The van der Waals surface area contributed by atoms with E-state index in [0.29, 0.717) is 29.8 Å². The second-order valence-electron chi connectivity index (χ2n) is 6.99. The highest BCUT2D eigenvalue weighted by atomic mass is 16.5. The number of H-pyrrole nitrogens is 1. The molecule has 6 nitrogen and oxygen atoms in total. The minimum Gasteiger partial charge on any atom is -0.461 e. The Morgan fingerprint density at radius 1 is 1.07 bits per heavy atom. The van der Waals surface area contributed by atoms with Crippen molar-refractivity contribution in [2.24, 2.45) is 0 Å². The molecule has 29 heavy (non-hydrogen) atoms. The summed E-state index contributed by atoms with van der Waals surface area (Å²) in [6.07, 6.45) is 0.656. The average Bonchev–Trinajstić information content (AvgIpc) is 3.01. The fraction of sp³-hybridized carbons (Fsp3) is 0.435. The maximum atomic E-state index is 13.1. The first-order chi connectivity index (χ1) is 13.8. The number of benzene rings is 1. The molecule has 6 heteroatoms. The predicted octanol–water partition coefficient (Wildman–Crippen LogP) is 4.03. The lowest BCUT2D eigenvalue weighted by molar-refractivity contribution is -0.132. The maximum Gasteiger partial charge on any atom is 0.355 e. The van der Waals surface area contributed by atoms with Gasteiger partial charge < -0.3 is 14.6 Å². The van der Waals surface area contributed by atoms with Crippen molar-refractivity contribution in [2.45, 2.75) is 47.0 Å². The van der Waals surface area contributed by atoms with Crippen LogP contribution in [0.5, 0.6) is 0 Å². The van der Waals surface area contributed by atoms with Crippen molar-refractivity contribution < 1.29 is 19.1 Å². The van der Waals surface area contributed by atoms with Crippen LogP contribution in [-0.2, 0) is 9.53 Å². The summed E-state index contributed by atoms with van der Waals surface area (Å²) >= 11 is 0. The van der Waals surface area contributed by atoms with Crippen LogP contribution in [0.3, 0.4) is 0 Å². The number of Topliss-reactive ketones (excluding diaryl/α,β-unsaturated/α-hetero) is 1. The molecule has 0 saturated heterocycles. The zero-order valence-corrected chi connectivity index (χ0v) is 17.9. The molecule has 2 aromatic rings. The van der Waals surface area contributed by atoms with Crippen LogP contribution < -0.4 is 0 Å². The van der Waals surface area contributed by atoms with E-state index in [0.717, 1.165) is 5.56 Å². The van der Waals surface area contributed by atoms with Crippen molar-refractivity contribution in [1.29, 1.82) is 0 Å². The molecule has 1 aromatic carbocycles. The Balaban J connectivity index is 2.24. The van der Waals surface area contributed by atoms with Gasteiger partial charge in [-0.1, -0.05) is 37.3 Å². The van der Waals surface area contributed by atoms with Crippen LogP contribution in [0.25, 0.3) is 0 Å². The van der Waals surface area contributed by atoms with Gasteiger partial charge in [-0.25, -0.2) is 4.79 Å². The molecule has 0 bridgehead atoms. The van der Waals surface area contributed by atoms with Gasteiger partial charge in [-0.05, 0) is 45.2 Å². The molecule has 1 amide bonds. The monoisotopic (exact) mass is 398 g/mol. The topological polar surface area (TPSA) is 79.5 Å². The minimum atomic E-state index is -0.481. The quantitative estimate of drug-likeness (QED) is 0.511. The third kappa shape index (κ3) is 4.94. The first-order valence-electron chi connectivity index (χ1n) is 10.1. The second kappa shape index (κ2) is 10.0. The number of nitrogens with one attached hydrogen (secondary N) is 1. The second-order valence-corrected chi connectivity index (χ2v) is 6.99. The van der Waals surface area contributed by atoms with Gasteiger partial charge in [0.15, 0.2) is 5.78 Å². The van der Waals surface area contributed by atoms with E-state index in [1.54, 1.807) is 25.7 Å². The number of carbonyl (C=O) groups is 3. The number of aromatic nitrogens is 1.